The van der Waals surface area contributed by atoms with Crippen LogP contribution in [0.25, 0.3) is 0 Å². The molecule has 0 aliphatic rings. The molecule has 0 aliphatic carbocycles. The van der Waals surface area contributed by atoms with E-state index in [0.717, 1.165) is 0 Å². The Labute approximate surface area is 71.0 Å². The molecule has 0 saturated heterocycles. The van der Waals surface area contributed by atoms with E-state index in [1.54, 1.807) is 21.0 Å². The van der Waals surface area contributed by atoms with Gasteiger partial charge in [-0.2, -0.15) is 0 Å². The summed E-state index contributed by atoms with van der Waals surface area (Å²) in [6.07, 6.45) is 0. The molecule has 0 atom stereocenters. The summed E-state index contributed by atoms with van der Waals surface area (Å²) >= 11 is 1.48. The van der Waals surface area contributed by atoms with Gasteiger partial charge in [0.15, 0.2) is 0 Å². The first-order valence-corrected chi connectivity index (χ1v) is 3.26. The van der Waals surface area contributed by atoms with Gasteiger partial charge >= 0.3 is 71.9 Å². The molecule has 5 heavy (non-hydrogen) atoms. The molecule has 27 valence electrons. The van der Waals surface area contributed by atoms with Gasteiger partial charge in [0.05, 0.1) is 0 Å². The summed E-state index contributed by atoms with van der Waals surface area (Å²) < 4.78 is 16.5. The predicted molar refractivity (Wildman–Crippen MR) is 8.52 cm³/mol. The zero-order chi connectivity index (χ0) is 4.00. The minimum absolute atomic E-state index is 0. The molecule has 0 fully saturated rings. The van der Waals surface area contributed by atoms with Crippen LogP contribution >= 0.6 is 0 Å². The Kier molecular flexibility index (Phi) is 126. The van der Waals surface area contributed by atoms with Crippen LogP contribution in [-0.4, -0.2) is 18.9 Å². The Bertz CT molecular complexity index is 11.6. The SMILES string of the molecule is [LiH].[O]=[Ag].[O]=[Hg]. The summed E-state index contributed by atoms with van der Waals surface area (Å²) in [6.45, 7) is 0. The van der Waals surface area contributed by atoms with Crippen LogP contribution in [-0.2, 0) is 53.1 Å². The van der Waals surface area contributed by atoms with E-state index in [4.69, 9.17) is 5.89 Å². The Balaban J connectivity index is -0.0000000133. The molecule has 0 bridgehead atoms. The van der Waals surface area contributed by atoms with Crippen molar-refractivity contribution in [2.24, 2.45) is 0 Å². The topological polar surface area (TPSA) is 34.1 Å². The van der Waals surface area contributed by atoms with Gasteiger partial charge in [0.25, 0.3) is 0 Å². The van der Waals surface area contributed by atoms with Crippen molar-refractivity contribution in [2.45, 2.75) is 0 Å². The second-order valence-corrected chi connectivity index (χ2v) is 0. The van der Waals surface area contributed by atoms with Crippen LogP contribution in [0, 0.1) is 0 Å². The van der Waals surface area contributed by atoms with Crippen molar-refractivity contribution >= 4 is 18.9 Å². The second kappa shape index (κ2) is 39.8. The van der Waals surface area contributed by atoms with E-state index in [9.17, 15) is 0 Å². The molecule has 2 nitrogen and oxygen atoms in total. The molecule has 0 aliphatic heterocycles. The molecule has 0 aromatic rings. The summed E-state index contributed by atoms with van der Waals surface area (Å²) in [5, 5.41) is 0. The Morgan fingerprint density at radius 1 is 1.20 bits per heavy atom. The van der Waals surface area contributed by atoms with E-state index >= 15 is 0 Å². The average molecular weight is 348 g/mol. The number of hydrogen-bond donors (Lipinski definition) is 0. The predicted octanol–water partition coefficient (Wildman–Crippen LogP) is -0.891. The Morgan fingerprint density at radius 3 is 1.20 bits per heavy atom. The third-order valence-corrected chi connectivity index (χ3v) is 0. The Morgan fingerprint density at radius 2 is 1.20 bits per heavy atom. The van der Waals surface area contributed by atoms with Crippen molar-refractivity contribution < 1.29 is 53.1 Å². The van der Waals surface area contributed by atoms with E-state index in [0.29, 0.717) is 0 Å². The van der Waals surface area contributed by atoms with Gasteiger partial charge in [-0.1, -0.05) is 0 Å². The van der Waals surface area contributed by atoms with E-state index in [1.165, 1.54) is 0 Å². The average Bonchev–Trinajstić information content (AvgIpc) is 1.50. The van der Waals surface area contributed by atoms with Crippen molar-refractivity contribution in [1.82, 2.24) is 0 Å². The van der Waals surface area contributed by atoms with Crippen LogP contribution in [0.4, 0.5) is 0 Å². The molecule has 0 aromatic heterocycles. The first kappa shape index (κ1) is 15.8. The summed E-state index contributed by atoms with van der Waals surface area (Å²) in [5.74, 6) is 0. The molecule has 0 saturated carbocycles. The first-order chi connectivity index (χ1) is 2.00. The van der Waals surface area contributed by atoms with Gasteiger partial charge in [0.2, 0.25) is 0 Å². The molecular formula is HAgHgLiO2. The van der Waals surface area contributed by atoms with Crippen molar-refractivity contribution in [1.29, 1.82) is 0 Å². The van der Waals surface area contributed by atoms with E-state index < -0.39 is 0 Å². The van der Waals surface area contributed by atoms with Crippen molar-refractivity contribution in [3.05, 3.63) is 0 Å². The van der Waals surface area contributed by atoms with Crippen molar-refractivity contribution in [2.75, 3.05) is 0 Å². The first-order valence-electron chi connectivity index (χ1n) is 0.412. The fraction of sp³-hybridized carbons (Fsp3) is 0. The standard InChI is InChI=1S/Ag.Hg.Li.2O.H. The summed E-state index contributed by atoms with van der Waals surface area (Å²) in [6, 6.07) is 0. The molecule has 0 rings (SSSR count). The zero-order valence-electron chi connectivity index (χ0n) is 1.83. The fourth-order valence-electron chi connectivity index (χ4n) is 0. The molecule has 5 heteroatoms. The maximum atomic E-state index is 8.44. The van der Waals surface area contributed by atoms with Crippen LogP contribution in [0.2, 0.25) is 0 Å². The van der Waals surface area contributed by atoms with E-state index in [-0.39, 0.29) is 45.0 Å². The molecule has 0 unspecified atom stereocenters. The van der Waals surface area contributed by atoms with Crippen LogP contribution in [0.15, 0.2) is 0 Å². The quantitative estimate of drug-likeness (QED) is 0.532. The van der Waals surface area contributed by atoms with Crippen molar-refractivity contribution in [3.8, 4) is 0 Å². The summed E-state index contributed by atoms with van der Waals surface area (Å²) in [5.41, 5.74) is 0. The Hall–Kier alpha value is 1.87. The maximum absolute atomic E-state index is 8.44. The molecular weight excluding hydrogens is 347 g/mol. The van der Waals surface area contributed by atoms with Crippen LogP contribution in [0.3, 0.4) is 0 Å². The second-order valence-electron chi connectivity index (χ2n) is 0. The zero-order valence-corrected chi connectivity index (χ0v) is 8.81. The van der Waals surface area contributed by atoms with Crippen LogP contribution in [0.5, 0.6) is 0 Å². The number of hydrogen-bond acceptors (Lipinski definition) is 2. The summed E-state index contributed by atoms with van der Waals surface area (Å²) in [4.78, 5) is 0. The van der Waals surface area contributed by atoms with Gasteiger partial charge in [0.1, 0.15) is 0 Å². The van der Waals surface area contributed by atoms with Gasteiger partial charge < -0.3 is 0 Å². The van der Waals surface area contributed by atoms with Crippen molar-refractivity contribution in [3.63, 3.8) is 0 Å². The van der Waals surface area contributed by atoms with Crippen LogP contribution in [0.1, 0.15) is 0 Å². The third kappa shape index (κ3) is 25.1. The normalized spacial score (nSPS) is 2.40. The third-order valence-electron chi connectivity index (χ3n) is 0. The molecule has 0 radical (unpaired) electrons. The molecule has 0 amide bonds. The fourth-order valence-corrected chi connectivity index (χ4v) is 0. The molecule has 0 heterocycles. The van der Waals surface area contributed by atoms with Gasteiger partial charge in [-0.15, -0.1) is 0 Å². The monoisotopic (exact) mass is 349 g/mol. The molecule has 0 spiro atoms. The van der Waals surface area contributed by atoms with Gasteiger partial charge in [0, 0.05) is 0 Å². The summed E-state index contributed by atoms with van der Waals surface area (Å²) in [7, 11) is 0. The van der Waals surface area contributed by atoms with Crippen LogP contribution < -0.4 is 0 Å². The van der Waals surface area contributed by atoms with E-state index in [2.05, 4.69) is 0 Å². The van der Waals surface area contributed by atoms with Gasteiger partial charge in [-0.25, -0.2) is 0 Å². The number of rotatable bonds is 0. The van der Waals surface area contributed by atoms with Gasteiger partial charge in [-0.05, 0) is 0 Å². The van der Waals surface area contributed by atoms with E-state index in [1.807, 2.05) is 0 Å². The molecule has 0 N–H and O–H groups in total. The minimum atomic E-state index is -0.222. The molecule has 0 aromatic carbocycles. The van der Waals surface area contributed by atoms with Gasteiger partial charge in [-0.3, -0.25) is 0 Å².